The maximum Gasteiger partial charge on any atom is 0.451 e. The highest BCUT2D eigenvalue weighted by Gasteiger charge is 2.34. The van der Waals surface area contributed by atoms with Crippen molar-refractivity contribution < 1.29 is 26.3 Å². The topological polar surface area (TPSA) is 25.8 Å². The lowest BCUT2D eigenvalue weighted by Crippen LogP contribution is -2.11. The van der Waals surface area contributed by atoms with Gasteiger partial charge in [0.1, 0.15) is 0 Å². The molecular formula is C9H8F6N2. The Morgan fingerprint density at radius 2 is 1.47 bits per heavy atom. The summed E-state index contributed by atoms with van der Waals surface area (Å²) in [4.78, 5) is 6.10. The van der Waals surface area contributed by atoms with E-state index in [0.717, 1.165) is 12.4 Å². The van der Waals surface area contributed by atoms with Crippen molar-refractivity contribution in [3.63, 3.8) is 0 Å². The Hall–Kier alpha value is -1.34. The van der Waals surface area contributed by atoms with Gasteiger partial charge in [0, 0.05) is 18.8 Å². The number of hydrogen-bond acceptors (Lipinski definition) is 2. The zero-order valence-electron chi connectivity index (χ0n) is 8.44. The molecule has 0 fully saturated rings. The molecule has 0 unspecified atom stereocenters. The lowest BCUT2D eigenvalue weighted by Gasteiger charge is -2.07. The average molecular weight is 258 g/mol. The van der Waals surface area contributed by atoms with Crippen molar-refractivity contribution in [3.05, 3.63) is 23.8 Å². The van der Waals surface area contributed by atoms with Gasteiger partial charge in [-0.25, -0.2) is 9.97 Å². The fourth-order valence-electron chi connectivity index (χ4n) is 1.12. The van der Waals surface area contributed by atoms with Crippen molar-refractivity contribution in [1.29, 1.82) is 0 Å². The highest BCUT2D eigenvalue weighted by molar-refractivity contribution is 5.06. The van der Waals surface area contributed by atoms with Gasteiger partial charge in [-0.15, -0.1) is 0 Å². The Morgan fingerprint density at radius 1 is 0.941 bits per heavy atom. The minimum atomic E-state index is -4.63. The van der Waals surface area contributed by atoms with E-state index in [4.69, 9.17) is 0 Å². The Kier molecular flexibility index (Phi) is 3.94. The normalized spacial score (nSPS) is 12.8. The molecule has 0 saturated carbocycles. The molecule has 1 aromatic heterocycles. The molecule has 0 amide bonds. The molecule has 0 bridgehead atoms. The number of aromatic nitrogens is 2. The van der Waals surface area contributed by atoms with E-state index in [0.29, 0.717) is 0 Å². The second kappa shape index (κ2) is 4.89. The third kappa shape index (κ3) is 5.01. The Morgan fingerprint density at radius 3 is 1.88 bits per heavy atom. The first-order valence-corrected chi connectivity index (χ1v) is 4.63. The van der Waals surface area contributed by atoms with Gasteiger partial charge in [-0.05, 0) is 18.4 Å². The number of halogens is 6. The molecular weight excluding hydrogens is 250 g/mol. The fourth-order valence-corrected chi connectivity index (χ4v) is 1.12. The van der Waals surface area contributed by atoms with Crippen molar-refractivity contribution in [2.75, 3.05) is 0 Å². The van der Waals surface area contributed by atoms with E-state index < -0.39 is 24.6 Å². The van der Waals surface area contributed by atoms with Crippen molar-refractivity contribution in [2.45, 2.75) is 31.6 Å². The molecule has 17 heavy (non-hydrogen) atoms. The number of aryl methyl sites for hydroxylation is 1. The van der Waals surface area contributed by atoms with Crippen LogP contribution in [0.1, 0.15) is 24.2 Å². The largest absolute Gasteiger partial charge is 0.451 e. The van der Waals surface area contributed by atoms with Crippen LogP contribution in [0.25, 0.3) is 0 Å². The van der Waals surface area contributed by atoms with E-state index >= 15 is 0 Å². The second-order valence-corrected chi connectivity index (χ2v) is 3.38. The lowest BCUT2D eigenvalue weighted by molar-refractivity contribution is -0.145. The van der Waals surface area contributed by atoms with Gasteiger partial charge in [0.2, 0.25) is 5.82 Å². The van der Waals surface area contributed by atoms with E-state index in [2.05, 4.69) is 9.97 Å². The standard InChI is InChI=1S/C9H8F6N2/c10-8(11,12)3-1-2-6-4-16-7(17-5-6)9(13,14)15/h4-5H,1-3H2. The third-order valence-corrected chi connectivity index (χ3v) is 1.88. The molecule has 0 atom stereocenters. The van der Waals surface area contributed by atoms with Gasteiger partial charge in [-0.1, -0.05) is 0 Å². The van der Waals surface area contributed by atoms with E-state index in [1.165, 1.54) is 0 Å². The molecule has 0 aliphatic rings. The Bertz CT molecular complexity index is 353. The van der Waals surface area contributed by atoms with E-state index in [1.807, 2.05) is 0 Å². The van der Waals surface area contributed by atoms with Gasteiger partial charge in [0.15, 0.2) is 0 Å². The molecule has 0 aliphatic carbocycles. The van der Waals surface area contributed by atoms with Crippen LogP contribution >= 0.6 is 0 Å². The minimum Gasteiger partial charge on any atom is -0.233 e. The summed E-state index contributed by atoms with van der Waals surface area (Å²) >= 11 is 0. The molecule has 0 saturated heterocycles. The summed E-state index contributed by atoms with van der Waals surface area (Å²) in [6.07, 6.45) is -8.28. The number of alkyl halides is 6. The molecule has 0 radical (unpaired) electrons. The summed E-state index contributed by atoms with van der Waals surface area (Å²) < 4.78 is 71.6. The van der Waals surface area contributed by atoms with Crippen LogP contribution in [0.2, 0.25) is 0 Å². The van der Waals surface area contributed by atoms with Crippen molar-refractivity contribution in [2.24, 2.45) is 0 Å². The van der Waals surface area contributed by atoms with Crippen LogP contribution in [0.5, 0.6) is 0 Å². The van der Waals surface area contributed by atoms with Crippen LogP contribution in [0.4, 0.5) is 26.3 Å². The number of hydrogen-bond donors (Lipinski definition) is 0. The minimum absolute atomic E-state index is 0.00233. The summed E-state index contributed by atoms with van der Waals surface area (Å²) in [7, 11) is 0. The van der Waals surface area contributed by atoms with E-state index in [-0.39, 0.29) is 18.4 Å². The van der Waals surface area contributed by atoms with Crippen molar-refractivity contribution in [3.8, 4) is 0 Å². The average Bonchev–Trinajstić information content (AvgIpc) is 2.15. The van der Waals surface area contributed by atoms with Crippen LogP contribution in [-0.2, 0) is 12.6 Å². The highest BCUT2D eigenvalue weighted by atomic mass is 19.4. The predicted molar refractivity (Wildman–Crippen MR) is 46.0 cm³/mol. The number of nitrogens with zero attached hydrogens (tertiary/aromatic N) is 2. The van der Waals surface area contributed by atoms with Gasteiger partial charge in [-0.2, -0.15) is 26.3 Å². The molecule has 0 N–H and O–H groups in total. The molecule has 0 aliphatic heterocycles. The van der Waals surface area contributed by atoms with Crippen molar-refractivity contribution >= 4 is 0 Å². The quantitative estimate of drug-likeness (QED) is 0.777. The van der Waals surface area contributed by atoms with Gasteiger partial charge in [-0.3, -0.25) is 0 Å². The lowest BCUT2D eigenvalue weighted by atomic mass is 10.1. The fraction of sp³-hybridized carbons (Fsp3) is 0.556. The summed E-state index contributed by atoms with van der Waals surface area (Å²) in [6.45, 7) is 0. The zero-order valence-corrected chi connectivity index (χ0v) is 8.44. The molecule has 96 valence electrons. The predicted octanol–water partition coefficient (Wildman–Crippen LogP) is 3.38. The smallest absolute Gasteiger partial charge is 0.233 e. The first kappa shape index (κ1) is 13.7. The second-order valence-electron chi connectivity index (χ2n) is 3.38. The summed E-state index contributed by atoms with van der Waals surface area (Å²) in [5.74, 6) is -1.29. The molecule has 8 heteroatoms. The molecule has 0 spiro atoms. The van der Waals surface area contributed by atoms with Crippen LogP contribution in [-0.4, -0.2) is 16.1 Å². The molecule has 1 heterocycles. The van der Waals surface area contributed by atoms with Gasteiger partial charge in [0.05, 0.1) is 0 Å². The van der Waals surface area contributed by atoms with Crippen LogP contribution in [0, 0.1) is 0 Å². The summed E-state index contributed by atoms with van der Waals surface area (Å²) in [5.41, 5.74) is 0.252. The van der Waals surface area contributed by atoms with E-state index in [9.17, 15) is 26.3 Å². The maximum absolute atomic E-state index is 12.1. The highest BCUT2D eigenvalue weighted by Crippen LogP contribution is 2.26. The monoisotopic (exact) mass is 258 g/mol. The van der Waals surface area contributed by atoms with Gasteiger partial charge in [0.25, 0.3) is 0 Å². The zero-order chi connectivity index (χ0) is 13.1. The first-order valence-electron chi connectivity index (χ1n) is 4.63. The molecule has 1 aromatic rings. The molecule has 0 aromatic carbocycles. The van der Waals surface area contributed by atoms with Gasteiger partial charge >= 0.3 is 12.4 Å². The summed E-state index contributed by atoms with van der Waals surface area (Å²) in [6, 6.07) is 0. The third-order valence-electron chi connectivity index (χ3n) is 1.88. The van der Waals surface area contributed by atoms with Crippen LogP contribution in [0.15, 0.2) is 12.4 Å². The van der Waals surface area contributed by atoms with Gasteiger partial charge < -0.3 is 0 Å². The van der Waals surface area contributed by atoms with Crippen molar-refractivity contribution in [1.82, 2.24) is 9.97 Å². The molecule has 1 rings (SSSR count). The SMILES string of the molecule is FC(F)(F)CCCc1cnc(C(F)(F)F)nc1. The Balaban J connectivity index is 2.52. The Labute approximate surface area is 92.7 Å². The van der Waals surface area contributed by atoms with E-state index in [1.54, 1.807) is 0 Å². The maximum atomic E-state index is 12.1. The van der Waals surface area contributed by atoms with Crippen LogP contribution < -0.4 is 0 Å². The van der Waals surface area contributed by atoms with Crippen LogP contribution in [0.3, 0.4) is 0 Å². The first-order chi connectivity index (χ1) is 7.68. The molecule has 2 nitrogen and oxygen atoms in total. The number of rotatable bonds is 3. The summed E-state index contributed by atoms with van der Waals surface area (Å²) in [5, 5.41) is 0.